The van der Waals surface area contributed by atoms with Crippen molar-refractivity contribution in [2.45, 2.75) is 11.8 Å². The van der Waals surface area contributed by atoms with Crippen LogP contribution in [0.3, 0.4) is 0 Å². The van der Waals surface area contributed by atoms with Crippen LogP contribution < -0.4 is 9.21 Å². The predicted molar refractivity (Wildman–Crippen MR) is 158 cm³/mol. The Kier molecular flexibility index (Phi) is 9.71. The van der Waals surface area contributed by atoms with Gasteiger partial charge in [0.15, 0.2) is 5.13 Å². The molecule has 0 N–H and O–H groups in total. The van der Waals surface area contributed by atoms with Gasteiger partial charge >= 0.3 is 0 Å². The van der Waals surface area contributed by atoms with E-state index in [0.29, 0.717) is 36.0 Å². The van der Waals surface area contributed by atoms with Crippen molar-refractivity contribution in [1.82, 2.24) is 9.88 Å². The number of sulfonamides is 1. The molecule has 0 aliphatic carbocycles. The molecule has 0 aliphatic rings. The Hall–Kier alpha value is -2.50. The molecule has 4 rings (SSSR count). The van der Waals surface area contributed by atoms with Crippen molar-refractivity contribution < 1.29 is 13.2 Å². The highest BCUT2D eigenvalue weighted by atomic mass is 79.9. The third kappa shape index (κ3) is 6.50. The Morgan fingerprint density at radius 2 is 1.65 bits per heavy atom. The number of anilines is 2. The van der Waals surface area contributed by atoms with E-state index in [1.165, 1.54) is 27.8 Å². The Labute approximate surface area is 236 Å². The van der Waals surface area contributed by atoms with E-state index >= 15 is 0 Å². The van der Waals surface area contributed by atoms with Gasteiger partial charge < -0.3 is 4.90 Å². The van der Waals surface area contributed by atoms with Crippen molar-refractivity contribution in [2.24, 2.45) is 0 Å². The Balaban J connectivity index is 0.00000380. The zero-order valence-corrected chi connectivity index (χ0v) is 24.7. The van der Waals surface area contributed by atoms with E-state index in [1.807, 2.05) is 43.3 Å². The maximum absolute atomic E-state index is 13.6. The van der Waals surface area contributed by atoms with Crippen molar-refractivity contribution in [3.05, 3.63) is 82.8 Å². The summed E-state index contributed by atoms with van der Waals surface area (Å²) < 4.78 is 29.9. The minimum absolute atomic E-state index is 0. The van der Waals surface area contributed by atoms with Gasteiger partial charge in [-0.2, -0.15) is 0 Å². The normalized spacial score (nSPS) is 11.4. The lowest BCUT2D eigenvalue weighted by Gasteiger charge is -2.24. The van der Waals surface area contributed by atoms with Crippen LogP contribution in [-0.2, 0) is 10.0 Å². The van der Waals surface area contributed by atoms with E-state index in [4.69, 9.17) is 0 Å². The van der Waals surface area contributed by atoms with Gasteiger partial charge in [0.05, 0.1) is 20.8 Å². The van der Waals surface area contributed by atoms with Crippen LogP contribution in [0.4, 0.5) is 10.8 Å². The molecule has 0 saturated carbocycles. The van der Waals surface area contributed by atoms with Crippen molar-refractivity contribution >= 4 is 76.6 Å². The summed E-state index contributed by atoms with van der Waals surface area (Å²) >= 11 is 4.94. The third-order valence-corrected chi connectivity index (χ3v) is 9.06. The number of nitrogens with zero attached hydrogens (tertiary/aromatic N) is 4. The molecule has 0 fully saturated rings. The monoisotopic (exact) mass is 622 g/mol. The number of carbonyl (C=O) groups is 1. The average molecular weight is 624 g/mol. The number of fused-ring (bicyclic) bond motifs is 1. The number of hydrogen-bond acceptors (Lipinski definition) is 6. The molecule has 0 radical (unpaired) electrons. The quantitative estimate of drug-likeness (QED) is 0.232. The van der Waals surface area contributed by atoms with E-state index in [1.54, 1.807) is 48.2 Å². The number of carbonyl (C=O) groups excluding carboxylic acids is 1. The zero-order valence-electron chi connectivity index (χ0n) is 20.7. The van der Waals surface area contributed by atoms with Crippen LogP contribution in [0.5, 0.6) is 0 Å². The fourth-order valence-electron chi connectivity index (χ4n) is 3.72. The highest BCUT2D eigenvalue weighted by Crippen LogP contribution is 2.32. The van der Waals surface area contributed by atoms with Crippen molar-refractivity contribution in [1.29, 1.82) is 0 Å². The Bertz CT molecular complexity index is 1460. The van der Waals surface area contributed by atoms with Gasteiger partial charge in [-0.1, -0.05) is 45.5 Å². The SMILES string of the molecule is CCN(c1ccccc1)S(=O)(=O)c1ccc(C(=O)N(CCN(C)C)c2nc3ccc(Br)cc3s2)cc1.Cl. The highest BCUT2D eigenvalue weighted by Gasteiger charge is 2.25. The van der Waals surface area contributed by atoms with Crippen molar-refractivity contribution in [2.75, 3.05) is 42.9 Å². The zero-order chi connectivity index (χ0) is 25.9. The number of hydrogen-bond donors (Lipinski definition) is 0. The van der Waals surface area contributed by atoms with E-state index in [2.05, 4.69) is 20.9 Å². The number of amides is 1. The van der Waals surface area contributed by atoms with E-state index < -0.39 is 10.0 Å². The number of rotatable bonds is 9. The third-order valence-electron chi connectivity index (χ3n) is 5.61. The number of benzene rings is 3. The smallest absolute Gasteiger partial charge is 0.264 e. The fourth-order valence-corrected chi connectivity index (χ4v) is 6.74. The Morgan fingerprint density at radius 3 is 2.27 bits per heavy atom. The molecule has 1 heterocycles. The number of likely N-dealkylation sites (N-methyl/N-ethyl adjacent to an activating group) is 1. The van der Waals surface area contributed by atoms with E-state index in [-0.39, 0.29) is 23.2 Å². The molecule has 1 amide bonds. The van der Waals surface area contributed by atoms with E-state index in [9.17, 15) is 13.2 Å². The van der Waals surface area contributed by atoms with Gasteiger partial charge in [-0.25, -0.2) is 13.4 Å². The molecular formula is C26H28BrClN4O3S2. The van der Waals surface area contributed by atoms with Crippen LogP contribution in [0.25, 0.3) is 10.2 Å². The molecule has 4 aromatic rings. The molecule has 37 heavy (non-hydrogen) atoms. The van der Waals surface area contributed by atoms with Gasteiger partial charge in [-0.3, -0.25) is 14.0 Å². The van der Waals surface area contributed by atoms with Crippen molar-refractivity contribution in [3.8, 4) is 0 Å². The molecule has 0 bridgehead atoms. The number of thiazole rings is 1. The lowest BCUT2D eigenvalue weighted by atomic mass is 10.2. The summed E-state index contributed by atoms with van der Waals surface area (Å²) in [6.07, 6.45) is 0. The molecule has 7 nitrogen and oxygen atoms in total. The maximum Gasteiger partial charge on any atom is 0.264 e. The van der Waals surface area contributed by atoms with Gasteiger partial charge in [0.2, 0.25) is 0 Å². The molecule has 11 heteroatoms. The lowest BCUT2D eigenvalue weighted by molar-refractivity contribution is 0.0985. The molecule has 3 aromatic carbocycles. The molecule has 0 saturated heterocycles. The summed E-state index contributed by atoms with van der Waals surface area (Å²) in [6.45, 7) is 3.19. The minimum Gasteiger partial charge on any atom is -0.308 e. The fraction of sp³-hybridized carbons (Fsp3) is 0.231. The van der Waals surface area contributed by atoms with Gasteiger partial charge in [0.25, 0.3) is 15.9 Å². The maximum atomic E-state index is 13.6. The molecule has 196 valence electrons. The van der Waals surface area contributed by atoms with Crippen LogP contribution in [0, 0.1) is 0 Å². The Morgan fingerprint density at radius 1 is 0.973 bits per heavy atom. The number of aromatic nitrogens is 1. The van der Waals surface area contributed by atoms with Gasteiger partial charge in [0.1, 0.15) is 0 Å². The first-order valence-electron chi connectivity index (χ1n) is 11.4. The van der Waals surface area contributed by atoms with Gasteiger partial charge in [-0.15, -0.1) is 12.4 Å². The second-order valence-corrected chi connectivity index (χ2v) is 12.2. The standard InChI is InChI=1S/C26H27BrN4O3S2.ClH/c1-4-31(21-8-6-5-7-9-21)36(33,34)22-13-10-19(11-14-22)25(32)30(17-16-29(2)3)26-28-23-15-12-20(27)18-24(23)35-26;/h5-15,18H,4,16-17H2,1-3H3;1H. The summed E-state index contributed by atoms with van der Waals surface area (Å²) in [5.74, 6) is -0.227. The molecule has 0 atom stereocenters. The number of halogens is 2. The lowest BCUT2D eigenvalue weighted by Crippen LogP contribution is -2.36. The molecule has 0 aliphatic heterocycles. The molecule has 1 aromatic heterocycles. The first kappa shape index (κ1) is 29.1. The molecule has 0 spiro atoms. The van der Waals surface area contributed by atoms with Crippen LogP contribution in [0.15, 0.2) is 82.2 Å². The van der Waals surface area contributed by atoms with Crippen LogP contribution in [0.2, 0.25) is 0 Å². The van der Waals surface area contributed by atoms with Crippen LogP contribution >= 0.6 is 39.7 Å². The van der Waals surface area contributed by atoms with Crippen LogP contribution in [0.1, 0.15) is 17.3 Å². The van der Waals surface area contributed by atoms with Crippen LogP contribution in [-0.4, -0.2) is 57.9 Å². The summed E-state index contributed by atoms with van der Waals surface area (Å²) in [4.78, 5) is 22.1. The minimum atomic E-state index is -3.77. The topological polar surface area (TPSA) is 73.8 Å². The first-order chi connectivity index (χ1) is 17.2. The summed E-state index contributed by atoms with van der Waals surface area (Å²) in [7, 11) is 0.122. The average Bonchev–Trinajstić information content (AvgIpc) is 3.27. The van der Waals surface area contributed by atoms with Gasteiger partial charge in [-0.05, 0) is 75.6 Å². The summed E-state index contributed by atoms with van der Waals surface area (Å²) in [6, 6.07) is 20.9. The number of para-hydroxylation sites is 1. The van der Waals surface area contributed by atoms with Gasteiger partial charge in [0, 0.05) is 29.7 Å². The first-order valence-corrected chi connectivity index (χ1v) is 14.5. The molecule has 0 unspecified atom stereocenters. The molecular weight excluding hydrogens is 596 g/mol. The predicted octanol–water partition coefficient (Wildman–Crippen LogP) is 5.90. The second kappa shape index (κ2) is 12.4. The summed E-state index contributed by atoms with van der Waals surface area (Å²) in [5, 5.41) is 0.605. The van der Waals surface area contributed by atoms with E-state index in [0.717, 1.165) is 14.7 Å². The van der Waals surface area contributed by atoms with Crippen molar-refractivity contribution in [3.63, 3.8) is 0 Å². The second-order valence-electron chi connectivity index (χ2n) is 8.40. The highest BCUT2D eigenvalue weighted by molar-refractivity contribution is 9.10. The largest absolute Gasteiger partial charge is 0.308 e. The summed E-state index contributed by atoms with van der Waals surface area (Å²) in [5.41, 5.74) is 1.82.